The minimum Gasteiger partial charge on any atom is -0.341 e. The lowest BCUT2D eigenvalue weighted by Crippen LogP contribution is -2.21. The maximum Gasteiger partial charge on any atom is 0.295 e. The highest BCUT2D eigenvalue weighted by atomic mass is 32.2. The predicted octanol–water partition coefficient (Wildman–Crippen LogP) is 10.3. The van der Waals surface area contributed by atoms with Crippen LogP contribution in [0.3, 0.4) is 0 Å². The van der Waals surface area contributed by atoms with E-state index in [1.807, 2.05) is 50.2 Å². The predicted molar refractivity (Wildman–Crippen MR) is 216 cm³/mol. The van der Waals surface area contributed by atoms with Crippen LogP contribution in [0.5, 0.6) is 0 Å². The number of benzene rings is 5. The monoisotopic (exact) mass is 754 g/mol. The largest absolute Gasteiger partial charge is 0.341 e. The van der Waals surface area contributed by atoms with Gasteiger partial charge in [-0.3, -0.25) is 9.11 Å². The SMILES string of the molecule is CCCN(c1ccc(C(c2ccc(N(CCC)c3c(C)cc(C)c(S(=O)(=O)O)c3C)cc2)c2ccccc2S(=O)(=O)O)cc1)c1c(C)cc(C)cc1C. The average Bonchev–Trinajstić information content (AvgIpc) is 3.07. The molecule has 0 aromatic heterocycles. The second kappa shape index (κ2) is 15.9. The highest BCUT2D eigenvalue weighted by Crippen LogP contribution is 2.41. The molecule has 5 aromatic rings. The molecular weight excluding hydrogens is 705 g/mol. The molecule has 0 aliphatic rings. The van der Waals surface area contributed by atoms with Crippen molar-refractivity contribution in [1.29, 1.82) is 0 Å². The molecule has 1 unspecified atom stereocenters. The first kappa shape index (κ1) is 39.7. The van der Waals surface area contributed by atoms with Crippen molar-refractivity contribution in [2.45, 2.75) is 83.9 Å². The Morgan fingerprint density at radius 2 is 1.02 bits per heavy atom. The Hall–Kier alpha value is -4.48. The zero-order valence-electron chi connectivity index (χ0n) is 31.8. The van der Waals surface area contributed by atoms with Gasteiger partial charge >= 0.3 is 0 Å². The van der Waals surface area contributed by atoms with Gasteiger partial charge in [0.15, 0.2) is 0 Å². The summed E-state index contributed by atoms with van der Waals surface area (Å²) in [6.45, 7) is 17.3. The minimum absolute atomic E-state index is 0.0913. The van der Waals surface area contributed by atoms with Crippen LogP contribution in [0.2, 0.25) is 0 Å². The van der Waals surface area contributed by atoms with Gasteiger partial charge < -0.3 is 9.80 Å². The Kier molecular flexibility index (Phi) is 11.9. The lowest BCUT2D eigenvalue weighted by atomic mass is 9.85. The van der Waals surface area contributed by atoms with Crippen LogP contribution in [0.15, 0.2) is 101 Å². The molecule has 5 aromatic carbocycles. The molecule has 0 amide bonds. The fourth-order valence-electron chi connectivity index (χ4n) is 7.95. The van der Waals surface area contributed by atoms with Gasteiger partial charge in [-0.25, -0.2) is 0 Å². The lowest BCUT2D eigenvalue weighted by molar-refractivity contribution is 0.479. The van der Waals surface area contributed by atoms with E-state index in [2.05, 4.69) is 61.8 Å². The van der Waals surface area contributed by atoms with Crippen molar-refractivity contribution in [3.8, 4) is 0 Å². The number of anilines is 4. The molecule has 0 saturated heterocycles. The van der Waals surface area contributed by atoms with Crippen LogP contribution in [0, 0.1) is 41.5 Å². The summed E-state index contributed by atoms with van der Waals surface area (Å²) in [4.78, 5) is 4.13. The summed E-state index contributed by atoms with van der Waals surface area (Å²) in [5.41, 5.74) is 11.2. The number of nitrogens with zero attached hydrogens (tertiary/aromatic N) is 2. The maximum atomic E-state index is 12.7. The molecule has 280 valence electrons. The van der Waals surface area contributed by atoms with Crippen molar-refractivity contribution >= 4 is 43.0 Å². The van der Waals surface area contributed by atoms with E-state index in [0.29, 0.717) is 28.9 Å². The summed E-state index contributed by atoms with van der Waals surface area (Å²) in [5.74, 6) is -0.549. The first-order valence-corrected chi connectivity index (χ1v) is 20.8. The number of rotatable bonds is 13. The fourth-order valence-corrected chi connectivity index (χ4v) is 9.64. The van der Waals surface area contributed by atoms with E-state index >= 15 is 0 Å². The van der Waals surface area contributed by atoms with Crippen LogP contribution < -0.4 is 9.80 Å². The summed E-state index contributed by atoms with van der Waals surface area (Å²) < 4.78 is 70.7. The van der Waals surface area contributed by atoms with E-state index in [-0.39, 0.29) is 9.79 Å². The smallest absolute Gasteiger partial charge is 0.295 e. The van der Waals surface area contributed by atoms with Gasteiger partial charge in [-0.2, -0.15) is 16.8 Å². The van der Waals surface area contributed by atoms with E-state index < -0.39 is 26.2 Å². The van der Waals surface area contributed by atoms with E-state index in [1.54, 1.807) is 38.1 Å². The molecule has 0 bridgehead atoms. The first-order chi connectivity index (χ1) is 25.0. The Morgan fingerprint density at radius 3 is 1.47 bits per heavy atom. The van der Waals surface area contributed by atoms with Gasteiger partial charge in [0.1, 0.15) is 4.90 Å². The Labute approximate surface area is 315 Å². The Bertz CT molecular complexity index is 2310. The maximum absolute atomic E-state index is 12.7. The van der Waals surface area contributed by atoms with Gasteiger partial charge in [-0.05, 0) is 129 Å². The topological polar surface area (TPSA) is 115 Å². The van der Waals surface area contributed by atoms with Gasteiger partial charge in [0, 0.05) is 41.8 Å². The quantitative estimate of drug-likeness (QED) is 0.0902. The molecule has 2 N–H and O–H groups in total. The molecule has 0 spiro atoms. The molecule has 1 atom stereocenters. The van der Waals surface area contributed by atoms with Crippen molar-refractivity contribution in [3.63, 3.8) is 0 Å². The molecule has 0 fully saturated rings. The van der Waals surface area contributed by atoms with Gasteiger partial charge in [-0.1, -0.05) is 80.1 Å². The van der Waals surface area contributed by atoms with Crippen LogP contribution in [0.1, 0.15) is 82.7 Å². The molecule has 5 rings (SSSR count). The number of aryl methyl sites for hydroxylation is 5. The van der Waals surface area contributed by atoms with Crippen LogP contribution in [-0.2, 0) is 20.2 Å². The second-order valence-electron chi connectivity index (χ2n) is 14.0. The van der Waals surface area contributed by atoms with Crippen molar-refractivity contribution in [2.24, 2.45) is 0 Å². The van der Waals surface area contributed by atoms with Crippen LogP contribution in [0.4, 0.5) is 22.7 Å². The second-order valence-corrected chi connectivity index (χ2v) is 16.7. The lowest BCUT2D eigenvalue weighted by Gasteiger charge is -2.30. The minimum atomic E-state index is -4.55. The first-order valence-electron chi connectivity index (χ1n) is 17.9. The molecule has 53 heavy (non-hydrogen) atoms. The summed E-state index contributed by atoms with van der Waals surface area (Å²) >= 11 is 0. The normalized spacial score (nSPS) is 12.5. The van der Waals surface area contributed by atoms with E-state index in [1.165, 1.54) is 28.4 Å². The van der Waals surface area contributed by atoms with Crippen LogP contribution in [-0.4, -0.2) is 39.0 Å². The van der Waals surface area contributed by atoms with Gasteiger partial charge in [0.25, 0.3) is 20.2 Å². The van der Waals surface area contributed by atoms with Crippen LogP contribution >= 0.6 is 0 Å². The third kappa shape index (κ3) is 8.36. The fraction of sp³-hybridized carbons (Fsp3) is 0.302. The van der Waals surface area contributed by atoms with Crippen molar-refractivity contribution in [2.75, 3.05) is 22.9 Å². The number of hydrogen-bond acceptors (Lipinski definition) is 6. The van der Waals surface area contributed by atoms with E-state index in [0.717, 1.165) is 47.5 Å². The molecule has 0 heterocycles. The zero-order chi connectivity index (χ0) is 38.8. The Balaban J connectivity index is 1.65. The third-order valence-electron chi connectivity index (χ3n) is 9.77. The number of hydrogen-bond donors (Lipinski definition) is 2. The molecule has 8 nitrogen and oxygen atoms in total. The summed E-state index contributed by atoms with van der Waals surface area (Å²) in [5, 5.41) is 0. The summed E-state index contributed by atoms with van der Waals surface area (Å²) in [7, 11) is -9.02. The van der Waals surface area contributed by atoms with E-state index in [9.17, 15) is 25.9 Å². The van der Waals surface area contributed by atoms with Crippen molar-refractivity contribution in [1.82, 2.24) is 0 Å². The highest BCUT2D eigenvalue weighted by molar-refractivity contribution is 7.86. The zero-order valence-corrected chi connectivity index (χ0v) is 33.4. The molecule has 0 saturated carbocycles. The van der Waals surface area contributed by atoms with Crippen molar-refractivity contribution in [3.05, 3.63) is 141 Å². The molecule has 10 heteroatoms. The summed E-state index contributed by atoms with van der Waals surface area (Å²) in [6, 6.07) is 28.7. The molecule has 0 aliphatic carbocycles. The van der Waals surface area contributed by atoms with Gasteiger partial charge in [0.2, 0.25) is 0 Å². The third-order valence-corrected chi connectivity index (χ3v) is 11.8. The van der Waals surface area contributed by atoms with E-state index in [4.69, 9.17) is 0 Å². The van der Waals surface area contributed by atoms with Crippen LogP contribution in [0.25, 0.3) is 0 Å². The average molecular weight is 755 g/mol. The van der Waals surface area contributed by atoms with Gasteiger partial charge in [-0.15, -0.1) is 0 Å². The van der Waals surface area contributed by atoms with Crippen molar-refractivity contribution < 1.29 is 25.9 Å². The molecule has 0 aliphatic heterocycles. The molecule has 0 radical (unpaired) electrons. The summed E-state index contributed by atoms with van der Waals surface area (Å²) in [6.07, 6.45) is 1.71. The molecular formula is C43H50N2O6S2. The Morgan fingerprint density at radius 1 is 0.566 bits per heavy atom. The standard InChI is InChI=1S/C43H50N2O6S2/c1-9-23-44(41-29(4)25-28(3)26-30(41)5)36-19-15-34(16-20-36)40(38-13-11-12-14-39(38)52(46,47)48)35-17-21-37(22-18-35)45(24-10-2)42-31(6)27-32(7)43(33(42)8)53(49,50)51/h11-22,25-27,40H,9-10,23-24H2,1-8H3,(H,46,47,48)(H,49,50,51). The van der Waals surface area contributed by atoms with Gasteiger partial charge in [0.05, 0.1) is 4.90 Å². The highest BCUT2D eigenvalue weighted by Gasteiger charge is 2.27.